The summed E-state index contributed by atoms with van der Waals surface area (Å²) in [6, 6.07) is 24.2. The Labute approximate surface area is 243 Å². The lowest BCUT2D eigenvalue weighted by atomic mass is 9.98. The van der Waals surface area contributed by atoms with Crippen LogP contribution in [-0.4, -0.2) is 51.6 Å². The number of ether oxygens (including phenoxy) is 2. The summed E-state index contributed by atoms with van der Waals surface area (Å²) in [6.45, 7) is 1.89. The number of fused-ring (bicyclic) bond motifs is 3. The van der Waals surface area contributed by atoms with Crippen LogP contribution in [0.5, 0.6) is 0 Å². The van der Waals surface area contributed by atoms with E-state index in [9.17, 15) is 19.5 Å². The van der Waals surface area contributed by atoms with Crippen molar-refractivity contribution in [2.75, 3.05) is 6.61 Å². The highest BCUT2D eigenvalue weighted by Crippen LogP contribution is 2.44. The third kappa shape index (κ3) is 6.18. The van der Waals surface area contributed by atoms with Crippen LogP contribution in [0.15, 0.2) is 85.1 Å². The first-order chi connectivity index (χ1) is 20.3. The number of aryl methyl sites for hydroxylation is 1. The minimum atomic E-state index is -1.30. The zero-order chi connectivity index (χ0) is 29.6. The largest absolute Gasteiger partial charge is 0.480 e. The van der Waals surface area contributed by atoms with Gasteiger partial charge in [-0.3, -0.25) is 9.48 Å². The molecule has 2 amide bonds. The molecular weight excluding hydrogens is 536 g/mol. The molecule has 0 aliphatic heterocycles. The SMILES string of the molecule is C[C@@H](OCc1ccccc1)[C@H](NC(=O)c1cnn(C)c1CNC(=O)OCC1c2ccccc2-c2ccccc21)C(=O)O. The summed E-state index contributed by atoms with van der Waals surface area (Å²) in [5, 5.41) is 19.1. The van der Waals surface area contributed by atoms with Gasteiger partial charge in [-0.15, -0.1) is 0 Å². The second-order valence-corrected chi connectivity index (χ2v) is 10.1. The Hall–Kier alpha value is -4.96. The highest BCUT2D eigenvalue weighted by Gasteiger charge is 2.31. The van der Waals surface area contributed by atoms with E-state index in [0.717, 1.165) is 27.8 Å². The molecule has 3 N–H and O–H groups in total. The van der Waals surface area contributed by atoms with Crippen molar-refractivity contribution in [2.24, 2.45) is 7.05 Å². The maximum Gasteiger partial charge on any atom is 0.407 e. The van der Waals surface area contributed by atoms with Crippen LogP contribution in [0.4, 0.5) is 4.79 Å². The molecule has 1 aliphatic rings. The maximum absolute atomic E-state index is 13.1. The topological polar surface area (TPSA) is 132 Å². The second-order valence-electron chi connectivity index (χ2n) is 10.1. The number of rotatable bonds is 11. The molecule has 0 saturated heterocycles. The average Bonchev–Trinajstić information content (AvgIpc) is 3.54. The summed E-state index contributed by atoms with van der Waals surface area (Å²) in [5.41, 5.74) is 5.88. The minimum Gasteiger partial charge on any atom is -0.480 e. The van der Waals surface area contributed by atoms with E-state index in [2.05, 4.69) is 27.9 Å². The van der Waals surface area contributed by atoms with E-state index >= 15 is 0 Å². The summed E-state index contributed by atoms with van der Waals surface area (Å²) < 4.78 is 12.8. The van der Waals surface area contributed by atoms with E-state index in [4.69, 9.17) is 9.47 Å². The normalized spacial score (nSPS) is 13.5. The fraction of sp³-hybridized carbons (Fsp3) is 0.250. The van der Waals surface area contributed by atoms with Crippen LogP contribution in [0.1, 0.15) is 45.6 Å². The van der Waals surface area contributed by atoms with Gasteiger partial charge in [0.05, 0.1) is 36.7 Å². The average molecular weight is 569 g/mol. The van der Waals surface area contributed by atoms with Gasteiger partial charge in [-0.25, -0.2) is 9.59 Å². The molecule has 4 aromatic rings. The van der Waals surface area contributed by atoms with Crippen LogP contribution in [0.2, 0.25) is 0 Å². The van der Waals surface area contributed by atoms with E-state index < -0.39 is 30.1 Å². The second kappa shape index (κ2) is 12.7. The third-order valence-corrected chi connectivity index (χ3v) is 7.43. The van der Waals surface area contributed by atoms with Crippen molar-refractivity contribution in [3.8, 4) is 11.1 Å². The summed E-state index contributed by atoms with van der Waals surface area (Å²) >= 11 is 0. The van der Waals surface area contributed by atoms with E-state index in [1.807, 2.05) is 66.7 Å². The molecule has 5 rings (SSSR count). The van der Waals surface area contributed by atoms with Crippen LogP contribution >= 0.6 is 0 Å². The molecule has 1 aliphatic carbocycles. The van der Waals surface area contributed by atoms with E-state index in [-0.39, 0.29) is 31.2 Å². The molecule has 2 atom stereocenters. The fourth-order valence-corrected chi connectivity index (χ4v) is 5.16. The molecule has 10 heteroatoms. The lowest BCUT2D eigenvalue weighted by Gasteiger charge is -2.22. The third-order valence-electron chi connectivity index (χ3n) is 7.43. The molecule has 0 bridgehead atoms. The highest BCUT2D eigenvalue weighted by molar-refractivity contribution is 5.97. The van der Waals surface area contributed by atoms with Crippen LogP contribution < -0.4 is 10.6 Å². The van der Waals surface area contributed by atoms with Gasteiger partial charge in [0.15, 0.2) is 6.04 Å². The number of nitrogens with one attached hydrogen (secondary N) is 2. The molecule has 1 heterocycles. The number of nitrogens with zero attached hydrogens (tertiary/aromatic N) is 2. The van der Waals surface area contributed by atoms with Crippen molar-refractivity contribution >= 4 is 18.0 Å². The molecule has 0 fully saturated rings. The number of benzene rings is 3. The van der Waals surface area contributed by atoms with Crippen molar-refractivity contribution in [3.63, 3.8) is 0 Å². The van der Waals surface area contributed by atoms with Crippen LogP contribution in [0, 0.1) is 0 Å². The Kier molecular flexibility index (Phi) is 8.63. The van der Waals surface area contributed by atoms with Crippen molar-refractivity contribution < 1.29 is 29.0 Å². The number of aromatic nitrogens is 2. The minimum absolute atomic E-state index is 0.0479. The number of carboxylic acids is 1. The molecular formula is C32H32N4O6. The Bertz CT molecular complexity index is 1540. The highest BCUT2D eigenvalue weighted by atomic mass is 16.5. The number of carbonyl (C=O) groups excluding carboxylic acids is 2. The van der Waals surface area contributed by atoms with Gasteiger partial charge >= 0.3 is 12.1 Å². The maximum atomic E-state index is 13.1. The molecule has 0 unspecified atom stereocenters. The number of aliphatic carboxylic acids is 1. The number of carboxylic acid groups (broad SMARTS) is 1. The van der Waals surface area contributed by atoms with Gasteiger partial charge in [-0.05, 0) is 34.7 Å². The summed E-state index contributed by atoms with van der Waals surface area (Å²) in [4.78, 5) is 37.8. The van der Waals surface area contributed by atoms with E-state index in [1.165, 1.54) is 10.9 Å². The van der Waals surface area contributed by atoms with Crippen molar-refractivity contribution in [2.45, 2.75) is 38.1 Å². The van der Waals surface area contributed by atoms with Gasteiger partial charge in [0, 0.05) is 13.0 Å². The molecule has 216 valence electrons. The summed E-state index contributed by atoms with van der Waals surface area (Å²) in [6.07, 6.45) is -0.125. The molecule has 10 nitrogen and oxygen atoms in total. The van der Waals surface area contributed by atoms with Gasteiger partial charge in [-0.2, -0.15) is 5.10 Å². The smallest absolute Gasteiger partial charge is 0.407 e. The van der Waals surface area contributed by atoms with Crippen molar-refractivity contribution in [3.05, 3.63) is 113 Å². The van der Waals surface area contributed by atoms with Crippen LogP contribution in [0.25, 0.3) is 11.1 Å². The van der Waals surface area contributed by atoms with Crippen LogP contribution in [0.3, 0.4) is 0 Å². The lowest BCUT2D eigenvalue weighted by Crippen LogP contribution is -2.48. The number of carbonyl (C=O) groups is 3. The predicted molar refractivity (Wildman–Crippen MR) is 155 cm³/mol. The van der Waals surface area contributed by atoms with Gasteiger partial charge in [-0.1, -0.05) is 78.9 Å². The van der Waals surface area contributed by atoms with Gasteiger partial charge < -0.3 is 25.2 Å². The lowest BCUT2D eigenvalue weighted by molar-refractivity contribution is -0.143. The molecule has 42 heavy (non-hydrogen) atoms. The zero-order valence-corrected chi connectivity index (χ0v) is 23.3. The van der Waals surface area contributed by atoms with Crippen molar-refractivity contribution in [1.82, 2.24) is 20.4 Å². The molecule has 1 aromatic heterocycles. The Balaban J connectivity index is 1.18. The van der Waals surface area contributed by atoms with Gasteiger partial charge in [0.25, 0.3) is 5.91 Å². The first kappa shape index (κ1) is 28.6. The predicted octanol–water partition coefficient (Wildman–Crippen LogP) is 4.25. The van der Waals surface area contributed by atoms with Gasteiger partial charge in [0.2, 0.25) is 0 Å². The van der Waals surface area contributed by atoms with Gasteiger partial charge in [0.1, 0.15) is 6.61 Å². The van der Waals surface area contributed by atoms with Crippen molar-refractivity contribution in [1.29, 1.82) is 0 Å². The zero-order valence-electron chi connectivity index (χ0n) is 23.3. The number of alkyl carbamates (subject to hydrolysis) is 1. The van der Waals surface area contributed by atoms with E-state index in [1.54, 1.807) is 14.0 Å². The molecule has 0 radical (unpaired) electrons. The number of amides is 2. The fourth-order valence-electron chi connectivity index (χ4n) is 5.16. The Morgan fingerprint density at radius 2 is 1.57 bits per heavy atom. The Morgan fingerprint density at radius 1 is 0.952 bits per heavy atom. The Morgan fingerprint density at radius 3 is 2.21 bits per heavy atom. The number of hydrogen-bond acceptors (Lipinski definition) is 6. The molecule has 0 spiro atoms. The first-order valence-electron chi connectivity index (χ1n) is 13.6. The monoisotopic (exact) mass is 568 g/mol. The summed E-state index contributed by atoms with van der Waals surface area (Å²) in [5.74, 6) is -1.96. The quantitative estimate of drug-likeness (QED) is 0.247. The molecule has 3 aromatic carbocycles. The number of hydrogen-bond donors (Lipinski definition) is 3. The standard InChI is InChI=1S/C32H32N4O6/c1-20(41-18-21-10-4-3-5-11-21)29(31(38)39)35-30(37)26-16-34-36(2)28(26)17-33-32(40)42-19-27-24-14-8-6-12-22(24)23-13-7-9-15-25(23)27/h3-16,20,27,29H,17-19H2,1-2H3,(H,33,40)(H,35,37)(H,38,39)/t20-,29+/m1/s1. The first-order valence-corrected chi connectivity index (χ1v) is 13.6. The van der Waals surface area contributed by atoms with Crippen LogP contribution in [-0.2, 0) is 34.5 Å². The van der Waals surface area contributed by atoms with E-state index in [0.29, 0.717) is 5.69 Å². The molecule has 0 saturated carbocycles. The summed E-state index contributed by atoms with van der Waals surface area (Å²) in [7, 11) is 1.63.